The van der Waals surface area contributed by atoms with Gasteiger partial charge in [0.25, 0.3) is 0 Å². The van der Waals surface area contributed by atoms with Gasteiger partial charge in [-0.1, -0.05) is 11.6 Å². The Morgan fingerprint density at radius 3 is 2.76 bits per heavy atom. The lowest BCUT2D eigenvalue weighted by atomic mass is 9.81. The number of carbonyl (C=O) groups is 1. The molecule has 190 valence electrons. The number of imidazole rings is 1. The van der Waals surface area contributed by atoms with Crippen LogP contribution < -0.4 is 0 Å². The summed E-state index contributed by atoms with van der Waals surface area (Å²) in [6, 6.07) is 8.87. The third kappa shape index (κ3) is 4.01. The molecule has 1 atom stereocenters. The standard InChI is InChI=1S/C30H32N4O3/c35-19-22-18-33-12-9-21(16-28(33)32-22)30-23(20-10-14-36-15-11-20)4-3-5-24-25(30)7-8-27-26(24)17-31-34(27)29-6-1-2-13-37-29/h7-9,12,16-20,29H,1-6,10-11,13-15H2. The van der Waals surface area contributed by atoms with E-state index in [0.717, 1.165) is 76.7 Å². The van der Waals surface area contributed by atoms with E-state index in [2.05, 4.69) is 40.1 Å². The van der Waals surface area contributed by atoms with Crippen molar-refractivity contribution in [1.82, 2.24) is 19.2 Å². The Morgan fingerprint density at radius 2 is 1.92 bits per heavy atom. The summed E-state index contributed by atoms with van der Waals surface area (Å²) < 4.78 is 15.8. The number of aldehydes is 1. The lowest BCUT2D eigenvalue weighted by Crippen LogP contribution is -2.19. The fourth-order valence-corrected chi connectivity index (χ4v) is 6.59. The van der Waals surface area contributed by atoms with Crippen LogP contribution >= 0.6 is 0 Å². The molecular weight excluding hydrogens is 464 g/mol. The van der Waals surface area contributed by atoms with Gasteiger partial charge in [0.1, 0.15) is 11.3 Å². The number of ether oxygens (including phenoxy) is 2. The van der Waals surface area contributed by atoms with Crippen LogP contribution in [0.3, 0.4) is 0 Å². The van der Waals surface area contributed by atoms with E-state index >= 15 is 0 Å². The second-order valence-corrected chi connectivity index (χ2v) is 10.5. The minimum absolute atomic E-state index is 0.0257. The van der Waals surface area contributed by atoms with E-state index < -0.39 is 0 Å². The molecule has 1 aromatic carbocycles. The largest absolute Gasteiger partial charge is 0.381 e. The molecule has 7 nitrogen and oxygen atoms in total. The highest BCUT2D eigenvalue weighted by molar-refractivity contribution is 5.93. The summed E-state index contributed by atoms with van der Waals surface area (Å²) in [4.78, 5) is 15.9. The first kappa shape index (κ1) is 22.9. The Morgan fingerprint density at radius 1 is 1.00 bits per heavy atom. The lowest BCUT2D eigenvalue weighted by Gasteiger charge is -2.27. The van der Waals surface area contributed by atoms with Crippen molar-refractivity contribution in [3.05, 3.63) is 70.8 Å². The Labute approximate surface area is 216 Å². The summed E-state index contributed by atoms with van der Waals surface area (Å²) in [5, 5.41) is 6.07. The molecular formula is C30H32N4O3. The van der Waals surface area contributed by atoms with Crippen LogP contribution in [0.25, 0.3) is 22.1 Å². The molecule has 7 rings (SSSR count). The van der Waals surface area contributed by atoms with Crippen molar-refractivity contribution in [3.8, 4) is 0 Å². The van der Waals surface area contributed by atoms with Gasteiger partial charge >= 0.3 is 0 Å². The maximum Gasteiger partial charge on any atom is 0.170 e. The third-order valence-electron chi connectivity index (χ3n) is 8.39. The predicted octanol–water partition coefficient (Wildman–Crippen LogP) is 5.76. The van der Waals surface area contributed by atoms with E-state index in [0.29, 0.717) is 11.6 Å². The Hall–Kier alpha value is -3.29. The van der Waals surface area contributed by atoms with Crippen LogP contribution in [0.4, 0.5) is 0 Å². The summed E-state index contributed by atoms with van der Waals surface area (Å²) >= 11 is 0. The zero-order chi connectivity index (χ0) is 24.8. The fourth-order valence-electron chi connectivity index (χ4n) is 6.59. The highest BCUT2D eigenvalue weighted by Crippen LogP contribution is 2.43. The maximum absolute atomic E-state index is 11.4. The van der Waals surface area contributed by atoms with Crippen LogP contribution in [0, 0.1) is 5.92 Å². The van der Waals surface area contributed by atoms with Crippen molar-refractivity contribution in [1.29, 1.82) is 0 Å². The Balaban J connectivity index is 1.41. The number of allylic oxidation sites excluding steroid dienone is 1. The number of hydrogen-bond acceptors (Lipinski definition) is 5. The second-order valence-electron chi connectivity index (χ2n) is 10.5. The lowest BCUT2D eigenvalue weighted by molar-refractivity contribution is -0.0366. The zero-order valence-corrected chi connectivity index (χ0v) is 21.1. The zero-order valence-electron chi connectivity index (χ0n) is 21.1. The van der Waals surface area contributed by atoms with Crippen LogP contribution in [0.1, 0.15) is 78.4 Å². The molecule has 5 heterocycles. The van der Waals surface area contributed by atoms with Crippen LogP contribution in [0.15, 0.2) is 48.4 Å². The molecule has 0 N–H and O–H groups in total. The van der Waals surface area contributed by atoms with Gasteiger partial charge in [-0.3, -0.25) is 4.79 Å². The first-order valence-electron chi connectivity index (χ1n) is 13.7. The average molecular weight is 497 g/mol. The Kier molecular flexibility index (Phi) is 5.90. The van der Waals surface area contributed by atoms with Crippen molar-refractivity contribution in [2.75, 3.05) is 19.8 Å². The SMILES string of the molecule is O=Cc1cn2ccc(C3=C(C4CCOCC4)CCCc4c3ccc3c4cnn3C3CCCCO3)cc2n1. The van der Waals surface area contributed by atoms with Crippen LogP contribution in [0.5, 0.6) is 0 Å². The number of hydrogen-bond donors (Lipinski definition) is 0. The summed E-state index contributed by atoms with van der Waals surface area (Å²) in [5.41, 5.74) is 9.15. The Bertz CT molecular complexity index is 1500. The number of nitrogens with zero attached hydrogens (tertiary/aromatic N) is 4. The molecule has 1 unspecified atom stereocenters. The van der Waals surface area contributed by atoms with Gasteiger partial charge in [-0.05, 0) is 97.7 Å². The molecule has 2 aliphatic heterocycles. The highest BCUT2D eigenvalue weighted by atomic mass is 16.5. The highest BCUT2D eigenvalue weighted by Gasteiger charge is 2.28. The molecule has 4 aromatic rings. The van der Waals surface area contributed by atoms with Gasteiger partial charge in [0.15, 0.2) is 12.5 Å². The summed E-state index contributed by atoms with van der Waals surface area (Å²) in [6.07, 6.45) is 15.4. The molecule has 2 fully saturated rings. The van der Waals surface area contributed by atoms with Crippen LogP contribution in [0.2, 0.25) is 0 Å². The summed E-state index contributed by atoms with van der Waals surface area (Å²) in [7, 11) is 0. The molecule has 3 aromatic heterocycles. The average Bonchev–Trinajstić information content (AvgIpc) is 3.52. The van der Waals surface area contributed by atoms with Crippen molar-refractivity contribution in [3.63, 3.8) is 0 Å². The number of pyridine rings is 1. The normalized spacial score (nSPS) is 21.4. The number of fused-ring (bicyclic) bond motifs is 4. The van der Waals surface area contributed by atoms with Crippen molar-refractivity contribution < 1.29 is 14.3 Å². The minimum Gasteiger partial charge on any atom is -0.381 e. The van der Waals surface area contributed by atoms with E-state index in [1.54, 1.807) is 6.20 Å². The van der Waals surface area contributed by atoms with Gasteiger partial charge < -0.3 is 13.9 Å². The third-order valence-corrected chi connectivity index (χ3v) is 8.39. The number of carbonyl (C=O) groups excluding carboxylic acids is 1. The van der Waals surface area contributed by atoms with Gasteiger partial charge in [-0.2, -0.15) is 5.10 Å². The smallest absolute Gasteiger partial charge is 0.170 e. The molecule has 0 bridgehead atoms. The van der Waals surface area contributed by atoms with Gasteiger partial charge in [0.05, 0.1) is 11.7 Å². The molecule has 0 radical (unpaired) electrons. The van der Waals surface area contributed by atoms with E-state index in [-0.39, 0.29) is 6.23 Å². The molecule has 0 spiro atoms. The monoisotopic (exact) mass is 496 g/mol. The fraction of sp³-hybridized carbons (Fsp3) is 0.433. The van der Waals surface area contributed by atoms with E-state index in [1.165, 1.54) is 45.2 Å². The van der Waals surface area contributed by atoms with Gasteiger partial charge in [0, 0.05) is 37.6 Å². The summed E-state index contributed by atoms with van der Waals surface area (Å²) in [5.74, 6) is 0.519. The van der Waals surface area contributed by atoms with E-state index in [4.69, 9.17) is 14.6 Å². The number of benzene rings is 1. The summed E-state index contributed by atoms with van der Waals surface area (Å²) in [6.45, 7) is 2.45. The van der Waals surface area contributed by atoms with Gasteiger partial charge in [0.2, 0.25) is 0 Å². The molecule has 3 aliphatic rings. The first-order chi connectivity index (χ1) is 18.3. The maximum atomic E-state index is 11.4. The first-order valence-corrected chi connectivity index (χ1v) is 13.7. The molecule has 0 amide bonds. The molecule has 1 aliphatic carbocycles. The predicted molar refractivity (Wildman–Crippen MR) is 142 cm³/mol. The minimum atomic E-state index is 0.0257. The van der Waals surface area contributed by atoms with Crippen LogP contribution in [-0.4, -0.2) is 45.3 Å². The molecule has 37 heavy (non-hydrogen) atoms. The molecule has 0 saturated carbocycles. The van der Waals surface area contributed by atoms with Gasteiger partial charge in [-0.25, -0.2) is 9.67 Å². The second kappa shape index (κ2) is 9.54. The number of aromatic nitrogens is 4. The van der Waals surface area contributed by atoms with E-state index in [9.17, 15) is 4.79 Å². The molecule has 2 saturated heterocycles. The van der Waals surface area contributed by atoms with E-state index in [1.807, 2.05) is 10.6 Å². The van der Waals surface area contributed by atoms with Crippen molar-refractivity contribution in [2.45, 2.75) is 57.6 Å². The number of aryl methyl sites for hydroxylation is 1. The van der Waals surface area contributed by atoms with Gasteiger partial charge in [-0.15, -0.1) is 0 Å². The van der Waals surface area contributed by atoms with Crippen molar-refractivity contribution >= 4 is 28.4 Å². The van der Waals surface area contributed by atoms with Crippen molar-refractivity contribution in [2.24, 2.45) is 5.92 Å². The topological polar surface area (TPSA) is 70.7 Å². The molecule has 7 heteroatoms. The number of rotatable bonds is 4. The van der Waals surface area contributed by atoms with Crippen LogP contribution in [-0.2, 0) is 15.9 Å². The quantitative estimate of drug-likeness (QED) is 0.336.